The van der Waals surface area contributed by atoms with Crippen LogP contribution in [0.25, 0.3) is 0 Å². The topological polar surface area (TPSA) is 78.0 Å². The smallest absolute Gasteiger partial charge is 0.267 e. The van der Waals surface area contributed by atoms with Crippen LogP contribution in [0.3, 0.4) is 0 Å². The molecule has 6 heteroatoms. The molecule has 1 aliphatic carbocycles. The number of nitrogens with one attached hydrogen (secondary N) is 2. The summed E-state index contributed by atoms with van der Waals surface area (Å²) in [6.07, 6.45) is 7.46. The molecule has 1 saturated carbocycles. The largest absolute Gasteiger partial charge is 0.388 e. The van der Waals surface area contributed by atoms with E-state index in [0.717, 1.165) is 25.7 Å². The SMILES string of the molecule is O=c1[nH]cnc(NCC2(O)CCCCCC2)c1Br. The predicted molar refractivity (Wildman–Crippen MR) is 73.7 cm³/mol. The van der Waals surface area contributed by atoms with Gasteiger partial charge in [-0.05, 0) is 28.8 Å². The van der Waals surface area contributed by atoms with Crippen LogP contribution in [0.2, 0.25) is 0 Å². The van der Waals surface area contributed by atoms with Crippen LogP contribution < -0.4 is 10.9 Å². The van der Waals surface area contributed by atoms with E-state index in [4.69, 9.17) is 0 Å². The van der Waals surface area contributed by atoms with Gasteiger partial charge < -0.3 is 15.4 Å². The van der Waals surface area contributed by atoms with Gasteiger partial charge in [-0.1, -0.05) is 25.7 Å². The summed E-state index contributed by atoms with van der Waals surface area (Å²) in [4.78, 5) is 17.9. The molecule has 0 unspecified atom stereocenters. The summed E-state index contributed by atoms with van der Waals surface area (Å²) >= 11 is 3.19. The number of rotatable bonds is 3. The molecule has 1 aromatic heterocycles. The average Bonchev–Trinajstić information content (AvgIpc) is 2.57. The number of aliphatic hydroxyl groups is 1. The summed E-state index contributed by atoms with van der Waals surface area (Å²) < 4.78 is 0.377. The Kier molecular flexibility index (Phi) is 4.40. The van der Waals surface area contributed by atoms with E-state index >= 15 is 0 Å². The van der Waals surface area contributed by atoms with E-state index in [1.165, 1.54) is 19.2 Å². The van der Waals surface area contributed by atoms with Crippen molar-refractivity contribution in [3.8, 4) is 0 Å². The molecule has 100 valence electrons. The number of hydrogen-bond acceptors (Lipinski definition) is 4. The first-order valence-corrected chi connectivity index (χ1v) is 7.09. The molecular weight excluding hydrogens is 298 g/mol. The van der Waals surface area contributed by atoms with Crippen molar-refractivity contribution in [1.82, 2.24) is 9.97 Å². The highest BCUT2D eigenvalue weighted by Gasteiger charge is 2.28. The fourth-order valence-electron chi connectivity index (χ4n) is 2.32. The molecule has 1 aliphatic rings. The van der Waals surface area contributed by atoms with Crippen LogP contribution in [0.15, 0.2) is 15.6 Å². The molecule has 3 N–H and O–H groups in total. The Morgan fingerprint density at radius 1 is 1.39 bits per heavy atom. The molecule has 0 atom stereocenters. The maximum atomic E-state index is 11.4. The number of halogens is 1. The highest BCUT2D eigenvalue weighted by atomic mass is 79.9. The highest BCUT2D eigenvalue weighted by molar-refractivity contribution is 9.10. The Balaban J connectivity index is 2.02. The molecular formula is C12H18BrN3O2. The summed E-state index contributed by atoms with van der Waals surface area (Å²) in [6.45, 7) is 0.433. The quantitative estimate of drug-likeness (QED) is 0.746. The molecule has 0 aromatic carbocycles. The molecule has 0 aliphatic heterocycles. The summed E-state index contributed by atoms with van der Waals surface area (Å²) in [6, 6.07) is 0. The predicted octanol–water partition coefficient (Wildman–Crippen LogP) is 2.03. The van der Waals surface area contributed by atoms with Gasteiger partial charge in [0.2, 0.25) is 0 Å². The molecule has 0 saturated heterocycles. The summed E-state index contributed by atoms with van der Waals surface area (Å²) in [5.41, 5.74) is -0.902. The van der Waals surface area contributed by atoms with Crippen LogP contribution in [0, 0.1) is 0 Å². The maximum absolute atomic E-state index is 11.4. The minimum Gasteiger partial charge on any atom is -0.388 e. The average molecular weight is 316 g/mol. The number of aromatic amines is 1. The van der Waals surface area contributed by atoms with Crippen molar-refractivity contribution in [2.75, 3.05) is 11.9 Å². The lowest BCUT2D eigenvalue weighted by Crippen LogP contribution is -2.36. The summed E-state index contributed by atoms with van der Waals surface area (Å²) in [7, 11) is 0. The second kappa shape index (κ2) is 5.84. The van der Waals surface area contributed by atoms with Gasteiger partial charge in [-0.2, -0.15) is 0 Å². The lowest BCUT2D eigenvalue weighted by Gasteiger charge is -2.27. The number of anilines is 1. The highest BCUT2D eigenvalue weighted by Crippen LogP contribution is 2.27. The van der Waals surface area contributed by atoms with Gasteiger partial charge in [0, 0.05) is 6.54 Å². The van der Waals surface area contributed by atoms with Gasteiger partial charge >= 0.3 is 0 Å². The summed E-state index contributed by atoms with van der Waals surface area (Å²) in [5, 5.41) is 13.5. The van der Waals surface area contributed by atoms with E-state index < -0.39 is 5.60 Å². The van der Waals surface area contributed by atoms with E-state index in [9.17, 15) is 9.90 Å². The molecule has 0 radical (unpaired) electrons. The first kappa shape index (κ1) is 13.5. The monoisotopic (exact) mass is 315 g/mol. The zero-order valence-corrected chi connectivity index (χ0v) is 11.8. The second-order valence-corrected chi connectivity index (χ2v) is 5.68. The molecule has 5 nitrogen and oxygen atoms in total. The van der Waals surface area contributed by atoms with Crippen LogP contribution in [0.5, 0.6) is 0 Å². The minimum atomic E-state index is -0.680. The van der Waals surface area contributed by atoms with Crippen LogP contribution in [-0.4, -0.2) is 27.2 Å². The van der Waals surface area contributed by atoms with Gasteiger partial charge in [0.1, 0.15) is 10.3 Å². The third-order valence-electron chi connectivity index (χ3n) is 3.42. The van der Waals surface area contributed by atoms with E-state index in [-0.39, 0.29) is 5.56 Å². The molecule has 0 bridgehead atoms. The number of hydrogen-bond donors (Lipinski definition) is 3. The number of H-pyrrole nitrogens is 1. The first-order valence-electron chi connectivity index (χ1n) is 6.30. The zero-order chi connectivity index (χ0) is 13.0. The fourth-order valence-corrected chi connectivity index (χ4v) is 2.67. The van der Waals surface area contributed by atoms with Crippen molar-refractivity contribution in [3.05, 3.63) is 21.2 Å². The molecule has 0 amide bonds. The van der Waals surface area contributed by atoms with Crippen molar-refractivity contribution in [3.63, 3.8) is 0 Å². The van der Waals surface area contributed by atoms with Crippen LogP contribution in [0.1, 0.15) is 38.5 Å². The fraction of sp³-hybridized carbons (Fsp3) is 0.667. The Labute approximate surface area is 114 Å². The molecule has 0 spiro atoms. The van der Waals surface area contributed by atoms with Crippen LogP contribution in [0.4, 0.5) is 5.82 Å². The Bertz CT molecular complexity index is 453. The van der Waals surface area contributed by atoms with Gasteiger partial charge in [-0.15, -0.1) is 0 Å². The maximum Gasteiger partial charge on any atom is 0.267 e. The molecule has 1 fully saturated rings. The van der Waals surface area contributed by atoms with E-state index in [1.54, 1.807) is 0 Å². The van der Waals surface area contributed by atoms with Crippen molar-refractivity contribution in [2.45, 2.75) is 44.1 Å². The van der Waals surface area contributed by atoms with Crippen molar-refractivity contribution in [2.24, 2.45) is 0 Å². The molecule has 2 rings (SSSR count). The third-order valence-corrected chi connectivity index (χ3v) is 4.15. The Hall–Kier alpha value is -0.880. The number of aromatic nitrogens is 2. The van der Waals surface area contributed by atoms with E-state index in [2.05, 4.69) is 31.2 Å². The van der Waals surface area contributed by atoms with Crippen LogP contribution in [-0.2, 0) is 0 Å². The van der Waals surface area contributed by atoms with Gasteiger partial charge in [0.05, 0.1) is 11.9 Å². The minimum absolute atomic E-state index is 0.222. The van der Waals surface area contributed by atoms with Crippen LogP contribution >= 0.6 is 15.9 Å². The van der Waals surface area contributed by atoms with Crippen molar-refractivity contribution >= 4 is 21.7 Å². The van der Waals surface area contributed by atoms with Gasteiger partial charge in [-0.25, -0.2) is 4.98 Å². The normalized spacial score (nSPS) is 19.2. The molecule has 1 heterocycles. The third kappa shape index (κ3) is 3.32. The standard InChI is InChI=1S/C12H18BrN3O2/c13-9-10(15-8-16-11(9)17)14-7-12(18)5-3-1-2-4-6-12/h8,18H,1-7H2,(H2,14,15,16,17). The van der Waals surface area contributed by atoms with Gasteiger partial charge in [0.15, 0.2) is 0 Å². The second-order valence-electron chi connectivity index (χ2n) is 4.89. The van der Waals surface area contributed by atoms with Crippen molar-refractivity contribution in [1.29, 1.82) is 0 Å². The van der Waals surface area contributed by atoms with E-state index in [0.29, 0.717) is 16.8 Å². The van der Waals surface area contributed by atoms with E-state index in [1.807, 2.05) is 0 Å². The Morgan fingerprint density at radius 3 is 2.72 bits per heavy atom. The lowest BCUT2D eigenvalue weighted by molar-refractivity contribution is 0.0380. The Morgan fingerprint density at radius 2 is 2.06 bits per heavy atom. The lowest BCUT2D eigenvalue weighted by atomic mass is 9.94. The van der Waals surface area contributed by atoms with Gasteiger partial charge in [0.25, 0.3) is 5.56 Å². The molecule has 18 heavy (non-hydrogen) atoms. The number of nitrogens with zero attached hydrogens (tertiary/aromatic N) is 1. The summed E-state index contributed by atoms with van der Waals surface area (Å²) in [5.74, 6) is 0.483. The van der Waals surface area contributed by atoms with Crippen molar-refractivity contribution < 1.29 is 5.11 Å². The molecule has 1 aromatic rings. The zero-order valence-electron chi connectivity index (χ0n) is 10.2. The van der Waals surface area contributed by atoms with Gasteiger partial charge in [-0.3, -0.25) is 4.79 Å². The first-order chi connectivity index (χ1) is 8.61.